The molecule has 5 nitrogen and oxygen atoms in total. The Morgan fingerprint density at radius 2 is 1.76 bits per heavy atom. The maximum absolute atomic E-state index is 12.1. The van der Waals surface area contributed by atoms with Crippen LogP contribution in [0.2, 0.25) is 0 Å². The summed E-state index contributed by atoms with van der Waals surface area (Å²) < 4.78 is 28.3. The molecule has 1 rings (SSSR count). The summed E-state index contributed by atoms with van der Waals surface area (Å²) in [5, 5.41) is 0. The van der Waals surface area contributed by atoms with Gasteiger partial charge in [-0.05, 0) is 32.1 Å². The molecular formula is C11H25N3O2S. The van der Waals surface area contributed by atoms with Crippen LogP contribution in [0.15, 0.2) is 0 Å². The van der Waals surface area contributed by atoms with Gasteiger partial charge < -0.3 is 5.73 Å². The standard InChI is InChI=1S/C11H25N3O2S/c1-3-8-14(9-4-2)17(15,16)13-10-11(12)6-5-7-11/h13H,3-10,12H2,1-2H3. The predicted octanol–water partition coefficient (Wildman–Crippen LogP) is 0.824. The third-order valence-electron chi connectivity index (χ3n) is 3.24. The van der Waals surface area contributed by atoms with Crippen LogP contribution in [0.4, 0.5) is 0 Å². The van der Waals surface area contributed by atoms with Gasteiger partial charge in [-0.3, -0.25) is 0 Å². The summed E-state index contributed by atoms with van der Waals surface area (Å²) in [6.45, 7) is 5.46. The molecule has 0 aromatic carbocycles. The molecule has 0 aliphatic heterocycles. The minimum Gasteiger partial charge on any atom is -0.324 e. The van der Waals surface area contributed by atoms with E-state index >= 15 is 0 Å². The van der Waals surface area contributed by atoms with Crippen LogP contribution in [0.3, 0.4) is 0 Å². The summed E-state index contributed by atoms with van der Waals surface area (Å²) in [7, 11) is -3.35. The van der Waals surface area contributed by atoms with Gasteiger partial charge in [0.1, 0.15) is 0 Å². The molecule has 1 aliphatic carbocycles. The largest absolute Gasteiger partial charge is 0.324 e. The highest BCUT2D eigenvalue weighted by atomic mass is 32.2. The van der Waals surface area contributed by atoms with E-state index in [1.807, 2.05) is 13.8 Å². The third-order valence-corrected chi connectivity index (χ3v) is 4.80. The molecule has 0 aromatic heterocycles. The number of hydrogen-bond acceptors (Lipinski definition) is 3. The van der Waals surface area contributed by atoms with E-state index in [4.69, 9.17) is 5.73 Å². The van der Waals surface area contributed by atoms with Gasteiger partial charge in [0.15, 0.2) is 0 Å². The molecule has 6 heteroatoms. The van der Waals surface area contributed by atoms with Crippen LogP contribution >= 0.6 is 0 Å². The maximum Gasteiger partial charge on any atom is 0.279 e. The fourth-order valence-corrected chi connectivity index (χ4v) is 3.48. The van der Waals surface area contributed by atoms with E-state index in [0.717, 1.165) is 32.1 Å². The Morgan fingerprint density at radius 3 is 2.12 bits per heavy atom. The first-order valence-corrected chi connectivity index (χ1v) is 7.91. The van der Waals surface area contributed by atoms with Gasteiger partial charge in [-0.15, -0.1) is 0 Å². The highest BCUT2D eigenvalue weighted by Gasteiger charge is 2.34. The quantitative estimate of drug-likeness (QED) is 0.681. The molecule has 17 heavy (non-hydrogen) atoms. The van der Waals surface area contributed by atoms with Crippen molar-refractivity contribution >= 4 is 10.2 Å². The van der Waals surface area contributed by atoms with Crippen molar-refractivity contribution < 1.29 is 8.42 Å². The topological polar surface area (TPSA) is 75.4 Å². The predicted molar refractivity (Wildman–Crippen MR) is 69.8 cm³/mol. The lowest BCUT2D eigenvalue weighted by Gasteiger charge is -2.38. The fraction of sp³-hybridized carbons (Fsp3) is 1.00. The van der Waals surface area contributed by atoms with Crippen molar-refractivity contribution in [2.75, 3.05) is 19.6 Å². The van der Waals surface area contributed by atoms with Crippen LogP contribution < -0.4 is 10.5 Å². The summed E-state index contributed by atoms with van der Waals surface area (Å²) in [5.74, 6) is 0. The molecule has 1 fully saturated rings. The van der Waals surface area contributed by atoms with Crippen LogP contribution in [-0.4, -0.2) is 37.9 Å². The number of nitrogens with one attached hydrogen (secondary N) is 1. The molecule has 0 amide bonds. The van der Waals surface area contributed by atoms with Gasteiger partial charge in [0, 0.05) is 25.2 Å². The fourth-order valence-electron chi connectivity index (χ4n) is 1.98. The third kappa shape index (κ3) is 4.21. The minimum absolute atomic E-state index is 0.308. The second-order valence-electron chi connectivity index (χ2n) is 4.94. The van der Waals surface area contributed by atoms with Gasteiger partial charge in [0.2, 0.25) is 0 Å². The highest BCUT2D eigenvalue weighted by molar-refractivity contribution is 7.87. The molecule has 0 unspecified atom stereocenters. The van der Waals surface area contributed by atoms with Crippen molar-refractivity contribution in [1.82, 2.24) is 9.03 Å². The lowest BCUT2D eigenvalue weighted by Crippen LogP contribution is -2.56. The first-order chi connectivity index (χ1) is 7.93. The zero-order valence-corrected chi connectivity index (χ0v) is 11.7. The zero-order valence-electron chi connectivity index (χ0n) is 10.9. The van der Waals surface area contributed by atoms with E-state index in [0.29, 0.717) is 19.6 Å². The Hall–Kier alpha value is -0.170. The molecule has 1 saturated carbocycles. The molecular weight excluding hydrogens is 238 g/mol. The second-order valence-corrected chi connectivity index (χ2v) is 6.70. The lowest BCUT2D eigenvalue weighted by molar-refractivity contribution is 0.248. The van der Waals surface area contributed by atoms with Crippen LogP contribution in [0.5, 0.6) is 0 Å². The van der Waals surface area contributed by atoms with Crippen LogP contribution in [-0.2, 0) is 10.2 Å². The van der Waals surface area contributed by atoms with Crippen molar-refractivity contribution in [3.05, 3.63) is 0 Å². The molecule has 1 aliphatic rings. The van der Waals surface area contributed by atoms with E-state index in [2.05, 4.69) is 4.72 Å². The van der Waals surface area contributed by atoms with E-state index in [1.165, 1.54) is 4.31 Å². The molecule has 0 heterocycles. The van der Waals surface area contributed by atoms with Crippen molar-refractivity contribution in [2.45, 2.75) is 51.5 Å². The van der Waals surface area contributed by atoms with Gasteiger partial charge in [0.05, 0.1) is 0 Å². The van der Waals surface area contributed by atoms with Crippen LogP contribution in [0.25, 0.3) is 0 Å². The van der Waals surface area contributed by atoms with Gasteiger partial charge in [-0.1, -0.05) is 13.8 Å². The molecule has 3 N–H and O–H groups in total. The summed E-state index contributed by atoms with van der Waals surface area (Å²) in [5.41, 5.74) is 5.70. The Kier molecular flexibility index (Phi) is 5.37. The Balaban J connectivity index is 2.52. The number of nitrogens with two attached hydrogens (primary N) is 1. The molecule has 0 bridgehead atoms. The van der Waals surface area contributed by atoms with E-state index < -0.39 is 10.2 Å². The summed E-state index contributed by atoms with van der Waals surface area (Å²) in [6, 6.07) is 0. The van der Waals surface area contributed by atoms with Crippen molar-refractivity contribution in [1.29, 1.82) is 0 Å². The molecule has 0 spiro atoms. The average Bonchev–Trinajstić information content (AvgIpc) is 2.23. The second kappa shape index (κ2) is 6.13. The van der Waals surface area contributed by atoms with Crippen LogP contribution in [0, 0.1) is 0 Å². The van der Waals surface area contributed by atoms with Crippen molar-refractivity contribution in [2.24, 2.45) is 5.73 Å². The Morgan fingerprint density at radius 1 is 1.24 bits per heavy atom. The van der Waals surface area contributed by atoms with Gasteiger partial charge in [-0.2, -0.15) is 12.7 Å². The van der Waals surface area contributed by atoms with E-state index in [1.54, 1.807) is 0 Å². The number of nitrogens with zero attached hydrogens (tertiary/aromatic N) is 1. The Bertz CT molecular complexity index is 320. The SMILES string of the molecule is CCCN(CCC)S(=O)(=O)NCC1(N)CCC1. The van der Waals surface area contributed by atoms with E-state index in [9.17, 15) is 8.42 Å². The van der Waals surface area contributed by atoms with E-state index in [-0.39, 0.29) is 5.54 Å². The molecule has 102 valence electrons. The van der Waals surface area contributed by atoms with Crippen LogP contribution in [0.1, 0.15) is 46.0 Å². The molecule has 0 aromatic rings. The summed E-state index contributed by atoms with van der Waals surface area (Å²) in [4.78, 5) is 0. The van der Waals surface area contributed by atoms with Gasteiger partial charge in [-0.25, -0.2) is 4.72 Å². The number of rotatable bonds is 8. The lowest BCUT2D eigenvalue weighted by atomic mass is 9.78. The van der Waals surface area contributed by atoms with Crippen molar-refractivity contribution in [3.63, 3.8) is 0 Å². The maximum atomic E-state index is 12.1. The van der Waals surface area contributed by atoms with Gasteiger partial charge >= 0.3 is 0 Å². The monoisotopic (exact) mass is 263 g/mol. The number of hydrogen-bond donors (Lipinski definition) is 2. The Labute approximate surface area is 105 Å². The molecule has 0 saturated heterocycles. The first kappa shape index (κ1) is 14.9. The smallest absolute Gasteiger partial charge is 0.279 e. The van der Waals surface area contributed by atoms with Gasteiger partial charge in [0.25, 0.3) is 10.2 Å². The average molecular weight is 263 g/mol. The highest BCUT2D eigenvalue weighted by Crippen LogP contribution is 2.28. The normalized spacial score (nSPS) is 19.3. The summed E-state index contributed by atoms with van der Waals surface area (Å²) in [6.07, 6.45) is 4.59. The molecule has 0 atom stereocenters. The van der Waals surface area contributed by atoms with Crippen molar-refractivity contribution in [3.8, 4) is 0 Å². The molecule has 0 radical (unpaired) electrons. The first-order valence-electron chi connectivity index (χ1n) is 6.47. The minimum atomic E-state index is -3.35. The zero-order chi connectivity index (χ0) is 12.9. The summed E-state index contributed by atoms with van der Waals surface area (Å²) >= 11 is 0.